The summed E-state index contributed by atoms with van der Waals surface area (Å²) in [7, 11) is 1.67. The molecule has 0 aliphatic carbocycles. The van der Waals surface area contributed by atoms with E-state index in [0.29, 0.717) is 0 Å². The summed E-state index contributed by atoms with van der Waals surface area (Å²) in [6.45, 7) is 4.15. The highest BCUT2D eigenvalue weighted by Crippen LogP contribution is 2.26. The zero-order valence-corrected chi connectivity index (χ0v) is 12.1. The predicted octanol–water partition coefficient (Wildman–Crippen LogP) is 4.19. The van der Waals surface area contributed by atoms with Crippen molar-refractivity contribution in [2.24, 2.45) is 0 Å². The van der Waals surface area contributed by atoms with Crippen molar-refractivity contribution in [2.75, 3.05) is 12.4 Å². The second-order valence-corrected chi connectivity index (χ2v) is 5.08. The van der Waals surface area contributed by atoms with Crippen molar-refractivity contribution in [1.82, 2.24) is 0 Å². The first-order valence-corrected chi connectivity index (χ1v) is 6.74. The number of halogens is 1. The fourth-order valence-electron chi connectivity index (χ4n) is 2.23. The summed E-state index contributed by atoms with van der Waals surface area (Å²) in [6, 6.07) is 12.9. The topological polar surface area (TPSA) is 21.3 Å². The fourth-order valence-corrected chi connectivity index (χ4v) is 2.23. The summed E-state index contributed by atoms with van der Waals surface area (Å²) in [5, 5.41) is 3.45. The van der Waals surface area contributed by atoms with Crippen LogP contribution in [0.25, 0.3) is 0 Å². The summed E-state index contributed by atoms with van der Waals surface area (Å²) >= 11 is 0. The Kier molecular flexibility index (Phi) is 4.61. The number of aryl methyl sites for hydroxylation is 1. The highest BCUT2D eigenvalue weighted by molar-refractivity contribution is 5.58. The third kappa shape index (κ3) is 3.73. The normalized spacial score (nSPS) is 12.0. The molecule has 2 aromatic rings. The molecular weight excluding hydrogens is 253 g/mol. The first-order chi connectivity index (χ1) is 9.58. The number of anilines is 1. The van der Waals surface area contributed by atoms with Gasteiger partial charge in [0, 0.05) is 6.04 Å². The Hall–Kier alpha value is -2.03. The second kappa shape index (κ2) is 6.42. The summed E-state index contributed by atoms with van der Waals surface area (Å²) in [6.07, 6.45) is 0.831. The van der Waals surface area contributed by atoms with Crippen molar-refractivity contribution in [3.8, 4) is 5.75 Å². The molecule has 1 atom stereocenters. The first-order valence-electron chi connectivity index (χ1n) is 6.74. The molecule has 3 heteroatoms. The van der Waals surface area contributed by atoms with Gasteiger partial charge in [0.2, 0.25) is 0 Å². The number of methoxy groups -OCH3 is 1. The van der Waals surface area contributed by atoms with Gasteiger partial charge in [-0.2, -0.15) is 0 Å². The Morgan fingerprint density at radius 1 is 1.15 bits per heavy atom. The van der Waals surface area contributed by atoms with Gasteiger partial charge in [0.25, 0.3) is 0 Å². The average molecular weight is 273 g/mol. The molecule has 0 aromatic heterocycles. The van der Waals surface area contributed by atoms with Crippen molar-refractivity contribution in [3.63, 3.8) is 0 Å². The van der Waals surface area contributed by atoms with Gasteiger partial charge in [-0.15, -0.1) is 0 Å². The van der Waals surface area contributed by atoms with Crippen LogP contribution in [-0.4, -0.2) is 13.2 Å². The molecule has 106 valence electrons. The summed E-state index contributed by atoms with van der Waals surface area (Å²) in [5.41, 5.74) is 3.28. The molecule has 0 saturated carbocycles. The molecule has 0 aliphatic rings. The molecule has 0 fully saturated rings. The van der Waals surface area contributed by atoms with Crippen LogP contribution in [0.3, 0.4) is 0 Å². The fraction of sp³-hybridized carbons (Fsp3) is 0.294. The van der Waals surface area contributed by atoms with Gasteiger partial charge in [-0.05, 0) is 55.7 Å². The smallest absolute Gasteiger partial charge is 0.141 e. The van der Waals surface area contributed by atoms with Crippen molar-refractivity contribution in [3.05, 3.63) is 59.4 Å². The Bertz CT molecular complexity index is 566. The van der Waals surface area contributed by atoms with Crippen LogP contribution < -0.4 is 10.1 Å². The van der Waals surface area contributed by atoms with Gasteiger partial charge in [0.1, 0.15) is 11.6 Å². The lowest BCUT2D eigenvalue weighted by Gasteiger charge is -2.18. The van der Waals surface area contributed by atoms with E-state index in [1.807, 2.05) is 24.3 Å². The molecule has 2 rings (SSSR count). The molecule has 20 heavy (non-hydrogen) atoms. The average Bonchev–Trinajstić information content (AvgIpc) is 2.41. The molecule has 2 nitrogen and oxygen atoms in total. The highest BCUT2D eigenvalue weighted by atomic mass is 19.1. The van der Waals surface area contributed by atoms with Crippen LogP contribution in [0.5, 0.6) is 5.75 Å². The molecule has 0 radical (unpaired) electrons. The van der Waals surface area contributed by atoms with Crippen LogP contribution >= 0.6 is 0 Å². The maximum Gasteiger partial charge on any atom is 0.141 e. The molecule has 0 bridgehead atoms. The third-order valence-corrected chi connectivity index (χ3v) is 3.21. The SMILES string of the molecule is COc1ccc(C)cc1NC(C)Cc1ccc(F)cc1. The van der Waals surface area contributed by atoms with Crippen molar-refractivity contribution in [1.29, 1.82) is 0 Å². The maximum atomic E-state index is 12.9. The van der Waals surface area contributed by atoms with Crippen LogP contribution in [0.4, 0.5) is 10.1 Å². The molecule has 2 aromatic carbocycles. The van der Waals surface area contributed by atoms with Crippen molar-refractivity contribution < 1.29 is 9.13 Å². The minimum absolute atomic E-state index is 0.199. The van der Waals surface area contributed by atoms with E-state index in [4.69, 9.17) is 4.74 Å². The third-order valence-electron chi connectivity index (χ3n) is 3.21. The van der Waals surface area contributed by atoms with E-state index in [9.17, 15) is 4.39 Å². The zero-order chi connectivity index (χ0) is 14.5. The van der Waals surface area contributed by atoms with Gasteiger partial charge in [-0.25, -0.2) is 4.39 Å². The Morgan fingerprint density at radius 3 is 2.50 bits per heavy atom. The largest absolute Gasteiger partial charge is 0.495 e. The molecule has 1 unspecified atom stereocenters. The van der Waals surface area contributed by atoms with E-state index < -0.39 is 0 Å². The number of hydrogen-bond acceptors (Lipinski definition) is 2. The lowest BCUT2D eigenvalue weighted by molar-refractivity contribution is 0.416. The Morgan fingerprint density at radius 2 is 1.85 bits per heavy atom. The predicted molar refractivity (Wildman–Crippen MR) is 80.9 cm³/mol. The number of benzene rings is 2. The van der Waals surface area contributed by atoms with Crippen LogP contribution in [0.2, 0.25) is 0 Å². The lowest BCUT2D eigenvalue weighted by Crippen LogP contribution is -2.18. The van der Waals surface area contributed by atoms with Gasteiger partial charge in [-0.1, -0.05) is 18.2 Å². The van der Waals surface area contributed by atoms with Gasteiger partial charge >= 0.3 is 0 Å². The summed E-state index contributed by atoms with van der Waals surface area (Å²) in [4.78, 5) is 0. The quantitative estimate of drug-likeness (QED) is 0.882. The number of ether oxygens (including phenoxy) is 1. The second-order valence-electron chi connectivity index (χ2n) is 5.08. The summed E-state index contributed by atoms with van der Waals surface area (Å²) < 4.78 is 18.2. The van der Waals surface area contributed by atoms with E-state index in [-0.39, 0.29) is 11.9 Å². The molecule has 0 aliphatic heterocycles. The van der Waals surface area contributed by atoms with E-state index in [0.717, 1.165) is 23.4 Å². The molecular formula is C17H20FNO. The molecule has 0 spiro atoms. The highest BCUT2D eigenvalue weighted by Gasteiger charge is 2.08. The standard InChI is InChI=1S/C17H20FNO/c1-12-4-9-17(20-3)16(10-12)19-13(2)11-14-5-7-15(18)8-6-14/h4-10,13,19H,11H2,1-3H3. The minimum Gasteiger partial charge on any atom is -0.495 e. The van der Waals surface area contributed by atoms with Crippen LogP contribution in [0.15, 0.2) is 42.5 Å². The zero-order valence-electron chi connectivity index (χ0n) is 12.1. The monoisotopic (exact) mass is 273 g/mol. The maximum absolute atomic E-state index is 12.9. The minimum atomic E-state index is -0.199. The van der Waals surface area contributed by atoms with Crippen LogP contribution in [0.1, 0.15) is 18.1 Å². The van der Waals surface area contributed by atoms with E-state index in [1.54, 1.807) is 7.11 Å². The van der Waals surface area contributed by atoms with Crippen molar-refractivity contribution >= 4 is 5.69 Å². The van der Waals surface area contributed by atoms with Gasteiger partial charge in [0.05, 0.1) is 12.8 Å². The van der Waals surface area contributed by atoms with Crippen LogP contribution in [0, 0.1) is 12.7 Å². The number of rotatable bonds is 5. The number of hydrogen-bond donors (Lipinski definition) is 1. The van der Waals surface area contributed by atoms with E-state index >= 15 is 0 Å². The van der Waals surface area contributed by atoms with Crippen molar-refractivity contribution in [2.45, 2.75) is 26.3 Å². The molecule has 0 amide bonds. The first kappa shape index (κ1) is 14.4. The Labute approximate surface area is 119 Å². The summed E-state index contributed by atoms with van der Waals surface area (Å²) in [5.74, 6) is 0.635. The lowest BCUT2D eigenvalue weighted by atomic mass is 10.1. The molecule has 1 N–H and O–H groups in total. The molecule has 0 heterocycles. The van der Waals surface area contributed by atoms with Gasteiger partial charge < -0.3 is 10.1 Å². The Balaban J connectivity index is 2.05. The van der Waals surface area contributed by atoms with E-state index in [1.165, 1.54) is 17.7 Å². The van der Waals surface area contributed by atoms with Crippen LogP contribution in [-0.2, 0) is 6.42 Å². The van der Waals surface area contributed by atoms with E-state index in [2.05, 4.69) is 25.2 Å². The van der Waals surface area contributed by atoms with Gasteiger partial charge in [-0.3, -0.25) is 0 Å². The molecule has 0 saturated heterocycles. The van der Waals surface area contributed by atoms with Gasteiger partial charge in [0.15, 0.2) is 0 Å². The number of nitrogens with one attached hydrogen (secondary N) is 1.